The first-order valence-corrected chi connectivity index (χ1v) is 11.1. The molecule has 32 heavy (non-hydrogen) atoms. The second-order valence-corrected chi connectivity index (χ2v) is 8.47. The Balaban J connectivity index is 1.47. The van der Waals surface area contributed by atoms with Gasteiger partial charge in [0.1, 0.15) is 11.5 Å². The molecule has 0 spiro atoms. The fourth-order valence-corrected chi connectivity index (χ4v) is 4.20. The third-order valence-electron chi connectivity index (χ3n) is 6.14. The van der Waals surface area contributed by atoms with Gasteiger partial charge in [0.2, 0.25) is 0 Å². The predicted octanol–water partition coefficient (Wildman–Crippen LogP) is 5.50. The van der Waals surface area contributed by atoms with Crippen LogP contribution in [-0.4, -0.2) is 29.4 Å². The minimum atomic E-state index is -0.330. The van der Waals surface area contributed by atoms with Crippen molar-refractivity contribution < 1.29 is 14.2 Å². The lowest BCUT2D eigenvalue weighted by atomic mass is 10.1. The maximum Gasteiger partial charge on any atom is 0.156 e. The van der Waals surface area contributed by atoms with Crippen LogP contribution in [0, 0.1) is 5.82 Å². The molecule has 1 aliphatic carbocycles. The second kappa shape index (κ2) is 8.67. The number of benzene rings is 3. The number of aromatic nitrogens is 1. The monoisotopic (exact) mass is 430 g/mol. The first kappa shape index (κ1) is 20.6. The van der Waals surface area contributed by atoms with Crippen LogP contribution in [0.25, 0.3) is 22.2 Å². The molecule has 5 rings (SSSR count). The number of methoxy groups -OCH3 is 1. The average molecular weight is 431 g/mol. The number of hydrogen-bond acceptors (Lipinski definition) is 3. The molecule has 0 bridgehead atoms. The number of nitrogens with zero attached hydrogens (tertiary/aromatic N) is 1. The summed E-state index contributed by atoms with van der Waals surface area (Å²) < 4.78 is 22.8. The van der Waals surface area contributed by atoms with Crippen molar-refractivity contribution in [3.05, 3.63) is 83.7 Å². The van der Waals surface area contributed by atoms with Gasteiger partial charge in [0.05, 0.1) is 18.3 Å². The third-order valence-corrected chi connectivity index (χ3v) is 6.14. The largest absolute Gasteiger partial charge is 0.508 e. The van der Waals surface area contributed by atoms with E-state index in [0.29, 0.717) is 17.6 Å². The SMILES string of the molecule is COc1ccc(-c2c(F)c3cc(O)ccc3n2Cc2ccc(CCNC3CC3)cc2)cc1. The van der Waals surface area contributed by atoms with Crippen LogP contribution < -0.4 is 10.1 Å². The number of nitrogens with one attached hydrogen (secondary N) is 1. The Morgan fingerprint density at radius 3 is 2.41 bits per heavy atom. The van der Waals surface area contributed by atoms with Crippen molar-refractivity contribution in [1.82, 2.24) is 9.88 Å². The number of rotatable bonds is 8. The molecule has 0 aliphatic heterocycles. The minimum absolute atomic E-state index is 0.0546. The Morgan fingerprint density at radius 2 is 1.72 bits per heavy atom. The van der Waals surface area contributed by atoms with Gasteiger partial charge in [0, 0.05) is 23.5 Å². The van der Waals surface area contributed by atoms with Crippen molar-refractivity contribution >= 4 is 10.9 Å². The molecule has 4 nitrogen and oxygen atoms in total. The topological polar surface area (TPSA) is 46.4 Å². The summed E-state index contributed by atoms with van der Waals surface area (Å²) in [6.45, 7) is 1.54. The quantitative estimate of drug-likeness (QED) is 0.388. The molecular formula is C27H27FN2O2. The summed E-state index contributed by atoms with van der Waals surface area (Å²) in [4.78, 5) is 0. The van der Waals surface area contributed by atoms with Crippen molar-refractivity contribution in [1.29, 1.82) is 0 Å². The molecule has 0 saturated heterocycles. The van der Waals surface area contributed by atoms with E-state index in [9.17, 15) is 5.11 Å². The van der Waals surface area contributed by atoms with Gasteiger partial charge in [-0.25, -0.2) is 4.39 Å². The van der Waals surface area contributed by atoms with E-state index in [1.807, 2.05) is 28.8 Å². The fraction of sp³-hybridized carbons (Fsp3) is 0.259. The summed E-state index contributed by atoms with van der Waals surface area (Å²) in [6, 6.07) is 21.5. The standard InChI is InChI=1S/C27H27FN2O2/c1-32-23-11-6-20(7-12-23)27-26(28)24-16-22(31)10-13-25(24)30(27)17-19-4-2-18(3-5-19)14-15-29-21-8-9-21/h2-7,10-13,16,21,29,31H,8-9,14-15,17H2,1H3. The van der Waals surface area contributed by atoms with Gasteiger partial charge in [-0.3, -0.25) is 0 Å². The maximum absolute atomic E-state index is 15.5. The molecule has 1 heterocycles. The van der Waals surface area contributed by atoms with Crippen LogP contribution >= 0.6 is 0 Å². The van der Waals surface area contributed by atoms with Crippen LogP contribution in [0.4, 0.5) is 4.39 Å². The summed E-state index contributed by atoms with van der Waals surface area (Å²) in [5.41, 5.74) is 4.42. The average Bonchev–Trinajstić information content (AvgIpc) is 3.60. The van der Waals surface area contributed by atoms with Crippen molar-refractivity contribution in [2.45, 2.75) is 31.8 Å². The first-order valence-electron chi connectivity index (χ1n) is 11.1. The summed E-state index contributed by atoms with van der Waals surface area (Å²) in [7, 11) is 1.61. The van der Waals surface area contributed by atoms with Crippen molar-refractivity contribution in [2.24, 2.45) is 0 Å². The number of phenols is 1. The Morgan fingerprint density at radius 1 is 1.00 bits per heavy atom. The number of ether oxygens (including phenoxy) is 1. The smallest absolute Gasteiger partial charge is 0.156 e. The maximum atomic E-state index is 15.5. The molecule has 0 unspecified atom stereocenters. The lowest BCUT2D eigenvalue weighted by Crippen LogP contribution is -2.19. The summed E-state index contributed by atoms with van der Waals surface area (Å²) in [6.07, 6.45) is 3.61. The second-order valence-electron chi connectivity index (χ2n) is 8.47. The van der Waals surface area contributed by atoms with Crippen LogP contribution in [-0.2, 0) is 13.0 Å². The molecule has 1 saturated carbocycles. The van der Waals surface area contributed by atoms with Gasteiger partial charge in [-0.1, -0.05) is 24.3 Å². The highest BCUT2D eigenvalue weighted by Crippen LogP contribution is 2.35. The number of halogens is 1. The van der Waals surface area contributed by atoms with E-state index in [-0.39, 0.29) is 11.6 Å². The van der Waals surface area contributed by atoms with E-state index in [1.54, 1.807) is 19.2 Å². The summed E-state index contributed by atoms with van der Waals surface area (Å²) >= 11 is 0. The fourth-order valence-electron chi connectivity index (χ4n) is 4.20. The van der Waals surface area contributed by atoms with E-state index < -0.39 is 0 Å². The molecular weight excluding hydrogens is 403 g/mol. The summed E-state index contributed by atoms with van der Waals surface area (Å²) in [5, 5.41) is 13.9. The van der Waals surface area contributed by atoms with Crippen LogP contribution in [0.2, 0.25) is 0 Å². The number of aromatic hydroxyl groups is 1. The molecule has 5 heteroatoms. The van der Waals surface area contributed by atoms with Crippen LogP contribution in [0.15, 0.2) is 66.7 Å². The van der Waals surface area contributed by atoms with Gasteiger partial charge in [-0.2, -0.15) is 0 Å². The lowest BCUT2D eigenvalue weighted by molar-refractivity contribution is 0.415. The molecule has 1 aromatic heterocycles. The van der Waals surface area contributed by atoms with Crippen LogP contribution in [0.1, 0.15) is 24.0 Å². The predicted molar refractivity (Wildman–Crippen MR) is 126 cm³/mol. The number of hydrogen-bond donors (Lipinski definition) is 2. The van der Waals surface area contributed by atoms with E-state index in [1.165, 1.54) is 24.5 Å². The van der Waals surface area contributed by atoms with Crippen molar-refractivity contribution in [3.63, 3.8) is 0 Å². The molecule has 4 aromatic rings. The van der Waals surface area contributed by atoms with Gasteiger partial charge >= 0.3 is 0 Å². The molecule has 1 aliphatic rings. The van der Waals surface area contributed by atoms with Crippen LogP contribution in [0.5, 0.6) is 11.5 Å². The van der Waals surface area contributed by atoms with Gasteiger partial charge in [-0.05, 0) is 79.4 Å². The Bertz CT molecular complexity index is 1230. The molecule has 2 N–H and O–H groups in total. The Hall–Kier alpha value is -3.31. The Kier molecular flexibility index (Phi) is 5.58. The zero-order valence-corrected chi connectivity index (χ0v) is 18.1. The van der Waals surface area contributed by atoms with Gasteiger partial charge in [-0.15, -0.1) is 0 Å². The molecule has 164 valence electrons. The molecule has 0 atom stereocenters. The van der Waals surface area contributed by atoms with E-state index >= 15 is 4.39 Å². The molecule has 0 radical (unpaired) electrons. The summed E-state index contributed by atoms with van der Waals surface area (Å²) in [5.74, 6) is 0.448. The van der Waals surface area contributed by atoms with Crippen LogP contribution in [0.3, 0.4) is 0 Å². The van der Waals surface area contributed by atoms with Gasteiger partial charge in [0.15, 0.2) is 5.82 Å². The molecule has 0 amide bonds. The first-order chi connectivity index (χ1) is 15.6. The zero-order chi connectivity index (χ0) is 22.1. The van der Waals surface area contributed by atoms with Crippen molar-refractivity contribution in [3.8, 4) is 22.8 Å². The van der Waals surface area contributed by atoms with E-state index in [2.05, 4.69) is 29.6 Å². The highest BCUT2D eigenvalue weighted by molar-refractivity contribution is 5.89. The third kappa shape index (κ3) is 4.21. The van der Waals surface area contributed by atoms with Gasteiger partial charge < -0.3 is 19.7 Å². The lowest BCUT2D eigenvalue weighted by Gasteiger charge is -2.13. The molecule has 1 fully saturated rings. The van der Waals surface area contributed by atoms with Gasteiger partial charge in [0.25, 0.3) is 0 Å². The minimum Gasteiger partial charge on any atom is -0.508 e. The molecule has 3 aromatic carbocycles. The highest BCUT2D eigenvalue weighted by atomic mass is 19.1. The van der Waals surface area contributed by atoms with E-state index in [4.69, 9.17) is 4.74 Å². The van der Waals surface area contributed by atoms with E-state index in [0.717, 1.165) is 41.4 Å². The number of phenolic OH excluding ortho intramolecular Hbond substituents is 1. The normalized spacial score (nSPS) is 13.6. The van der Waals surface area contributed by atoms with Crippen molar-refractivity contribution in [2.75, 3.05) is 13.7 Å². The zero-order valence-electron chi connectivity index (χ0n) is 18.1. The highest BCUT2D eigenvalue weighted by Gasteiger charge is 2.20. The number of fused-ring (bicyclic) bond motifs is 1. The Labute approximate surface area is 187 Å².